The fourth-order valence-corrected chi connectivity index (χ4v) is 2.35. The number of aromatic hydroxyl groups is 1. The van der Waals surface area contributed by atoms with Crippen molar-refractivity contribution in [2.45, 2.75) is 13.1 Å². The normalized spacial score (nSPS) is 10.6. The molecule has 2 rings (SSSR count). The number of amides is 1. The average molecular weight is 371 g/mol. The minimum absolute atomic E-state index is 0.00534. The van der Waals surface area contributed by atoms with Gasteiger partial charge in [-0.1, -0.05) is 29.3 Å². The second-order valence-corrected chi connectivity index (χ2v) is 5.84. The largest absolute Gasteiger partial charge is 0.507 e. The maximum atomic E-state index is 12.3. The highest BCUT2D eigenvalue weighted by Gasteiger charge is 2.14. The van der Waals surface area contributed by atoms with Crippen LogP contribution < -0.4 is 10.9 Å². The van der Waals surface area contributed by atoms with Gasteiger partial charge in [0.15, 0.2) is 0 Å². The summed E-state index contributed by atoms with van der Waals surface area (Å²) in [6.07, 6.45) is 1.31. The first-order valence-corrected chi connectivity index (χ1v) is 7.82. The molecule has 1 aromatic heterocycles. The Balaban J connectivity index is 2.13. The van der Waals surface area contributed by atoms with Crippen LogP contribution >= 0.6 is 23.2 Å². The molecule has 24 heavy (non-hydrogen) atoms. The summed E-state index contributed by atoms with van der Waals surface area (Å²) in [5, 5.41) is 13.3. The van der Waals surface area contributed by atoms with E-state index in [1.807, 2.05) is 0 Å². The van der Waals surface area contributed by atoms with Gasteiger partial charge in [0.1, 0.15) is 5.75 Å². The number of halogens is 2. The summed E-state index contributed by atoms with van der Waals surface area (Å²) in [6.45, 7) is 0.796. The van der Waals surface area contributed by atoms with Crippen molar-refractivity contribution in [1.82, 2.24) is 9.88 Å². The molecule has 128 valence electrons. The van der Waals surface area contributed by atoms with Crippen LogP contribution in [0.4, 0.5) is 0 Å². The molecule has 0 aliphatic carbocycles. The van der Waals surface area contributed by atoms with Crippen LogP contribution in [0.2, 0.25) is 10.0 Å². The van der Waals surface area contributed by atoms with E-state index in [-0.39, 0.29) is 24.4 Å². The zero-order valence-electron chi connectivity index (χ0n) is 12.9. The monoisotopic (exact) mass is 370 g/mol. The fourth-order valence-electron chi connectivity index (χ4n) is 2.03. The van der Waals surface area contributed by atoms with E-state index in [1.165, 1.54) is 17.9 Å². The number of carbonyl (C=O) groups is 1. The predicted octanol–water partition coefficient (Wildman–Crippen LogP) is 2.44. The van der Waals surface area contributed by atoms with E-state index >= 15 is 0 Å². The van der Waals surface area contributed by atoms with Crippen molar-refractivity contribution in [3.8, 4) is 5.75 Å². The molecule has 6 nitrogen and oxygen atoms in total. The molecule has 1 heterocycles. The minimum Gasteiger partial charge on any atom is -0.507 e. The lowest BCUT2D eigenvalue weighted by Crippen LogP contribution is -2.27. The third-order valence-electron chi connectivity index (χ3n) is 3.32. The van der Waals surface area contributed by atoms with Crippen molar-refractivity contribution < 1.29 is 14.6 Å². The first kappa shape index (κ1) is 18.3. The summed E-state index contributed by atoms with van der Waals surface area (Å²) in [7, 11) is 1.51. The molecule has 0 spiro atoms. The number of carbonyl (C=O) groups excluding carboxylic acids is 1. The lowest BCUT2D eigenvalue weighted by atomic mass is 10.2. The molecule has 0 radical (unpaired) electrons. The molecule has 1 aromatic carbocycles. The standard InChI is InChI=1S/C16H16Cl2N2O4/c1-24-5-4-20-9-11(14(21)7-15(20)22)16(23)19-8-10-2-3-12(17)13(18)6-10/h2-3,6-7,9,21H,4-5,8H2,1H3,(H,19,23). The van der Waals surface area contributed by atoms with Crippen molar-refractivity contribution in [3.63, 3.8) is 0 Å². The van der Waals surface area contributed by atoms with Gasteiger partial charge < -0.3 is 19.7 Å². The van der Waals surface area contributed by atoms with Crippen molar-refractivity contribution in [3.05, 3.63) is 62.0 Å². The van der Waals surface area contributed by atoms with E-state index in [0.29, 0.717) is 16.7 Å². The van der Waals surface area contributed by atoms with Crippen LogP contribution in [0, 0.1) is 0 Å². The van der Waals surface area contributed by atoms with Crippen molar-refractivity contribution in [2.75, 3.05) is 13.7 Å². The summed E-state index contributed by atoms with van der Waals surface area (Å²) in [6, 6.07) is 6.01. The van der Waals surface area contributed by atoms with Gasteiger partial charge in [-0.2, -0.15) is 0 Å². The topological polar surface area (TPSA) is 80.6 Å². The van der Waals surface area contributed by atoms with Crippen LogP contribution in [-0.4, -0.2) is 29.3 Å². The zero-order valence-corrected chi connectivity index (χ0v) is 14.4. The Morgan fingerprint density at radius 2 is 2.04 bits per heavy atom. The molecule has 0 aliphatic rings. The number of benzene rings is 1. The van der Waals surface area contributed by atoms with Gasteiger partial charge in [0, 0.05) is 32.5 Å². The molecule has 0 saturated carbocycles. The Hall–Kier alpha value is -2.02. The average Bonchev–Trinajstić information content (AvgIpc) is 2.55. The summed E-state index contributed by atoms with van der Waals surface area (Å²) >= 11 is 11.8. The molecule has 0 atom stereocenters. The minimum atomic E-state index is -0.510. The van der Waals surface area contributed by atoms with E-state index < -0.39 is 11.5 Å². The highest BCUT2D eigenvalue weighted by molar-refractivity contribution is 6.42. The highest BCUT2D eigenvalue weighted by atomic mass is 35.5. The van der Waals surface area contributed by atoms with Gasteiger partial charge in [-0.15, -0.1) is 0 Å². The third kappa shape index (κ3) is 4.50. The molecule has 2 N–H and O–H groups in total. The second-order valence-electron chi connectivity index (χ2n) is 5.03. The van der Waals surface area contributed by atoms with Crippen LogP contribution in [0.1, 0.15) is 15.9 Å². The molecule has 2 aromatic rings. The van der Waals surface area contributed by atoms with E-state index in [1.54, 1.807) is 18.2 Å². The first-order valence-electron chi connectivity index (χ1n) is 7.07. The molecule has 8 heteroatoms. The number of hydrogen-bond donors (Lipinski definition) is 2. The predicted molar refractivity (Wildman–Crippen MR) is 91.9 cm³/mol. The van der Waals surface area contributed by atoms with Gasteiger partial charge in [-0.25, -0.2) is 0 Å². The highest BCUT2D eigenvalue weighted by Crippen LogP contribution is 2.22. The van der Waals surface area contributed by atoms with E-state index in [4.69, 9.17) is 27.9 Å². The summed E-state index contributed by atoms with van der Waals surface area (Å²) in [5.41, 5.74) is 0.348. The number of hydrogen-bond acceptors (Lipinski definition) is 4. The van der Waals surface area contributed by atoms with Crippen LogP contribution in [0.3, 0.4) is 0 Å². The summed E-state index contributed by atoms with van der Waals surface area (Å²) < 4.78 is 6.21. The molecule has 0 unspecified atom stereocenters. The smallest absolute Gasteiger partial charge is 0.256 e. The zero-order chi connectivity index (χ0) is 17.7. The Morgan fingerprint density at radius 1 is 1.29 bits per heavy atom. The van der Waals surface area contributed by atoms with Crippen LogP contribution in [0.5, 0.6) is 5.75 Å². The Kier molecular flexibility index (Phi) is 6.25. The van der Waals surface area contributed by atoms with Crippen LogP contribution in [0.25, 0.3) is 0 Å². The Bertz CT molecular complexity index is 805. The molecular weight excluding hydrogens is 355 g/mol. The summed E-state index contributed by atoms with van der Waals surface area (Å²) in [4.78, 5) is 24.0. The van der Waals surface area contributed by atoms with Gasteiger partial charge in [0.2, 0.25) is 0 Å². The fraction of sp³-hybridized carbons (Fsp3) is 0.250. The van der Waals surface area contributed by atoms with Gasteiger partial charge in [0.25, 0.3) is 11.5 Å². The maximum Gasteiger partial charge on any atom is 0.256 e. The van der Waals surface area contributed by atoms with Gasteiger partial charge in [-0.3, -0.25) is 9.59 Å². The number of pyridine rings is 1. The molecule has 0 aliphatic heterocycles. The van der Waals surface area contributed by atoms with Crippen molar-refractivity contribution >= 4 is 29.1 Å². The van der Waals surface area contributed by atoms with Gasteiger partial charge in [0.05, 0.1) is 22.2 Å². The summed E-state index contributed by atoms with van der Waals surface area (Å²) in [5.74, 6) is -0.884. The first-order chi connectivity index (χ1) is 11.4. The van der Waals surface area contributed by atoms with Crippen LogP contribution in [0.15, 0.2) is 35.3 Å². The number of nitrogens with zero attached hydrogens (tertiary/aromatic N) is 1. The van der Waals surface area contributed by atoms with E-state index in [0.717, 1.165) is 11.6 Å². The maximum absolute atomic E-state index is 12.3. The number of aromatic nitrogens is 1. The van der Waals surface area contributed by atoms with Gasteiger partial charge in [-0.05, 0) is 17.7 Å². The quantitative estimate of drug-likeness (QED) is 0.818. The molecule has 0 saturated heterocycles. The molecule has 0 bridgehead atoms. The van der Waals surface area contributed by atoms with Crippen LogP contribution in [-0.2, 0) is 17.8 Å². The lowest BCUT2D eigenvalue weighted by molar-refractivity contribution is 0.0947. The number of rotatable bonds is 6. The van der Waals surface area contributed by atoms with Crippen molar-refractivity contribution in [1.29, 1.82) is 0 Å². The SMILES string of the molecule is COCCn1cc(C(=O)NCc2ccc(Cl)c(Cl)c2)c(O)cc1=O. The number of ether oxygens (including phenoxy) is 1. The Labute approximate surface area is 148 Å². The van der Waals surface area contributed by atoms with E-state index in [9.17, 15) is 14.7 Å². The lowest BCUT2D eigenvalue weighted by Gasteiger charge is -2.11. The number of methoxy groups -OCH3 is 1. The molecule has 1 amide bonds. The van der Waals surface area contributed by atoms with Crippen molar-refractivity contribution in [2.24, 2.45) is 0 Å². The Morgan fingerprint density at radius 3 is 2.71 bits per heavy atom. The second kappa shape index (κ2) is 8.19. The van der Waals surface area contributed by atoms with Gasteiger partial charge >= 0.3 is 0 Å². The third-order valence-corrected chi connectivity index (χ3v) is 4.06. The van der Waals surface area contributed by atoms with E-state index in [2.05, 4.69) is 5.32 Å². The molecule has 0 fully saturated rings. The number of nitrogens with one attached hydrogen (secondary N) is 1. The molecular formula is C16H16Cl2N2O4.